The zero-order chi connectivity index (χ0) is 24.2. The van der Waals surface area contributed by atoms with Gasteiger partial charge in [0.15, 0.2) is 0 Å². The number of aliphatic hydroxyl groups is 2. The molecule has 2 N–H and O–H groups in total. The lowest BCUT2D eigenvalue weighted by molar-refractivity contribution is -0.279. The monoisotopic (exact) mass is 456 g/mol. The van der Waals surface area contributed by atoms with Crippen molar-refractivity contribution in [3.63, 3.8) is 0 Å². The molecule has 2 nitrogen and oxygen atoms in total. The van der Waals surface area contributed by atoms with Crippen molar-refractivity contribution in [2.75, 3.05) is 6.61 Å². The molecule has 5 aliphatic rings. The van der Waals surface area contributed by atoms with Gasteiger partial charge in [0.25, 0.3) is 0 Å². The predicted molar refractivity (Wildman–Crippen MR) is 137 cm³/mol. The maximum atomic E-state index is 10.9. The molecule has 0 aromatic heterocycles. The molecule has 188 valence electrons. The third-order valence-electron chi connectivity index (χ3n) is 14.3. The van der Waals surface area contributed by atoms with E-state index in [9.17, 15) is 10.2 Å². The highest BCUT2D eigenvalue weighted by Gasteiger charge is 2.74. The van der Waals surface area contributed by atoms with Gasteiger partial charge in [0.05, 0.1) is 6.10 Å². The van der Waals surface area contributed by atoms with E-state index in [0.29, 0.717) is 40.6 Å². The fourth-order valence-corrected chi connectivity index (χ4v) is 12.2. The minimum absolute atomic E-state index is 0.0189. The zero-order valence-electron chi connectivity index (χ0n) is 22.8. The van der Waals surface area contributed by atoms with E-state index >= 15 is 0 Å². The first kappa shape index (κ1) is 24.4. The third-order valence-corrected chi connectivity index (χ3v) is 14.3. The second kappa shape index (κ2) is 7.12. The molecule has 0 bridgehead atoms. The number of hydrogen-bond donors (Lipinski definition) is 2. The fraction of sp³-hybridized carbons (Fsp3) is 0.935. The van der Waals surface area contributed by atoms with Crippen LogP contribution in [0.3, 0.4) is 0 Å². The Balaban J connectivity index is 1.60. The van der Waals surface area contributed by atoms with Crippen LogP contribution in [0.15, 0.2) is 12.2 Å². The molecule has 0 amide bonds. The van der Waals surface area contributed by atoms with Crippen molar-refractivity contribution in [1.82, 2.24) is 0 Å². The van der Waals surface area contributed by atoms with Crippen molar-refractivity contribution in [2.24, 2.45) is 56.2 Å². The fourth-order valence-electron chi connectivity index (χ4n) is 12.2. The van der Waals surface area contributed by atoms with Crippen LogP contribution < -0.4 is 0 Å². The molecule has 0 unspecified atom stereocenters. The van der Waals surface area contributed by atoms with Crippen LogP contribution in [0, 0.1) is 56.2 Å². The van der Waals surface area contributed by atoms with Gasteiger partial charge in [-0.3, -0.25) is 0 Å². The van der Waals surface area contributed by atoms with Crippen molar-refractivity contribution >= 4 is 0 Å². The summed E-state index contributed by atoms with van der Waals surface area (Å²) in [6.45, 7) is 22.4. The maximum Gasteiger partial charge on any atom is 0.0594 e. The highest BCUT2D eigenvalue weighted by Crippen LogP contribution is 2.81. The second-order valence-corrected chi connectivity index (χ2v) is 15.2. The lowest BCUT2D eigenvalue weighted by atomic mass is 9.29. The average Bonchev–Trinajstić information content (AvgIpc) is 3.15. The van der Waals surface area contributed by atoms with Crippen molar-refractivity contribution in [3.05, 3.63) is 12.2 Å². The SMILES string of the molecule is C=C(C)[C@@H]1CC[C@@]2(CO)CC[C@@]3(C)[C@@]4(C)CC[C@H]5C(C)(C)[C@@H](O)CC[C@@]5(C)[C@H]4CC[C@@]3(C)[C@@H]12. The molecule has 5 rings (SSSR count). The van der Waals surface area contributed by atoms with E-state index in [1.807, 2.05) is 0 Å². The van der Waals surface area contributed by atoms with Crippen LogP contribution in [0.4, 0.5) is 0 Å². The molecule has 0 heterocycles. The van der Waals surface area contributed by atoms with Crippen LogP contribution in [-0.4, -0.2) is 22.9 Å². The zero-order valence-corrected chi connectivity index (χ0v) is 22.8. The van der Waals surface area contributed by atoms with Crippen molar-refractivity contribution in [1.29, 1.82) is 0 Å². The standard InChI is InChI=1S/C31H52O2/c1-20(2)21-9-16-31(19-32)18-17-30(8)28(6)14-10-22-26(3,4)24(33)12-13-27(22,5)23(28)11-15-29(30,7)25(21)31/h21-25,32-33H,1,9-19H2,2-8H3/t21-,22-,23+,24-,25+,27+,28-,29-,30-,31-/m0/s1. The predicted octanol–water partition coefficient (Wildman–Crippen LogP) is 7.39. The first-order valence-corrected chi connectivity index (χ1v) is 14.2. The Bertz CT molecular complexity index is 831. The van der Waals surface area contributed by atoms with E-state index in [0.717, 1.165) is 12.3 Å². The normalized spacial score (nSPS) is 57.4. The van der Waals surface area contributed by atoms with Crippen LogP contribution in [0.5, 0.6) is 0 Å². The van der Waals surface area contributed by atoms with E-state index in [4.69, 9.17) is 0 Å². The summed E-state index contributed by atoms with van der Waals surface area (Å²) in [5.41, 5.74) is 2.68. The third kappa shape index (κ3) is 2.69. The molecule has 5 saturated carbocycles. The summed E-state index contributed by atoms with van der Waals surface area (Å²) < 4.78 is 0. The van der Waals surface area contributed by atoms with Gasteiger partial charge in [0.1, 0.15) is 0 Å². The summed E-state index contributed by atoms with van der Waals surface area (Å²) in [5, 5.41) is 21.7. The highest BCUT2D eigenvalue weighted by molar-refractivity contribution is 5.25. The van der Waals surface area contributed by atoms with Gasteiger partial charge < -0.3 is 10.2 Å². The van der Waals surface area contributed by atoms with Gasteiger partial charge in [0.2, 0.25) is 0 Å². The van der Waals surface area contributed by atoms with Crippen LogP contribution in [0.25, 0.3) is 0 Å². The van der Waals surface area contributed by atoms with Crippen LogP contribution in [0.1, 0.15) is 113 Å². The number of aliphatic hydroxyl groups excluding tert-OH is 2. The summed E-state index contributed by atoms with van der Waals surface area (Å²) in [4.78, 5) is 0. The Morgan fingerprint density at radius 3 is 2.06 bits per heavy atom. The molecular weight excluding hydrogens is 404 g/mol. The Labute approximate surface area is 204 Å². The summed E-state index contributed by atoms with van der Waals surface area (Å²) in [5.74, 6) is 2.49. The van der Waals surface area contributed by atoms with Gasteiger partial charge in [-0.05, 0) is 127 Å². The first-order chi connectivity index (χ1) is 15.2. The van der Waals surface area contributed by atoms with E-state index in [2.05, 4.69) is 55.0 Å². The highest BCUT2D eigenvalue weighted by atomic mass is 16.3. The van der Waals surface area contributed by atoms with E-state index in [1.165, 1.54) is 63.4 Å². The second-order valence-electron chi connectivity index (χ2n) is 15.2. The minimum Gasteiger partial charge on any atom is -0.396 e. The van der Waals surface area contributed by atoms with Gasteiger partial charge in [0, 0.05) is 6.61 Å². The molecule has 0 aromatic carbocycles. The Hall–Kier alpha value is -0.340. The summed E-state index contributed by atoms with van der Waals surface area (Å²) >= 11 is 0. The van der Waals surface area contributed by atoms with Crippen molar-refractivity contribution < 1.29 is 10.2 Å². The van der Waals surface area contributed by atoms with E-state index in [1.54, 1.807) is 0 Å². The Morgan fingerprint density at radius 2 is 1.42 bits per heavy atom. The Kier molecular flexibility index (Phi) is 5.25. The molecule has 33 heavy (non-hydrogen) atoms. The van der Waals surface area contributed by atoms with Gasteiger partial charge in [-0.1, -0.05) is 53.7 Å². The number of allylic oxidation sites excluding steroid dienone is 1. The van der Waals surface area contributed by atoms with Crippen LogP contribution in [0.2, 0.25) is 0 Å². The number of fused-ring (bicyclic) bond motifs is 7. The minimum atomic E-state index is -0.154. The van der Waals surface area contributed by atoms with E-state index in [-0.39, 0.29) is 22.3 Å². The van der Waals surface area contributed by atoms with Crippen molar-refractivity contribution in [3.8, 4) is 0 Å². The molecule has 5 aliphatic carbocycles. The number of rotatable bonds is 2. The maximum absolute atomic E-state index is 10.9. The molecule has 10 atom stereocenters. The van der Waals surface area contributed by atoms with Gasteiger partial charge in [-0.15, -0.1) is 0 Å². The quantitative estimate of drug-likeness (QED) is 0.425. The Morgan fingerprint density at radius 1 is 0.788 bits per heavy atom. The molecule has 2 heteroatoms. The lowest BCUT2D eigenvalue weighted by Gasteiger charge is -2.76. The summed E-state index contributed by atoms with van der Waals surface area (Å²) in [6.07, 6.45) is 12.0. The molecule has 0 aliphatic heterocycles. The number of hydrogen-bond acceptors (Lipinski definition) is 2. The molecule has 5 fully saturated rings. The largest absolute Gasteiger partial charge is 0.396 e. The molecule has 0 radical (unpaired) electrons. The van der Waals surface area contributed by atoms with Gasteiger partial charge >= 0.3 is 0 Å². The van der Waals surface area contributed by atoms with Crippen molar-refractivity contribution in [2.45, 2.75) is 119 Å². The van der Waals surface area contributed by atoms with Gasteiger partial charge in [-0.2, -0.15) is 0 Å². The average molecular weight is 457 g/mol. The molecule has 0 spiro atoms. The summed E-state index contributed by atoms with van der Waals surface area (Å²) in [7, 11) is 0. The van der Waals surface area contributed by atoms with E-state index < -0.39 is 0 Å². The molecule has 0 saturated heterocycles. The van der Waals surface area contributed by atoms with Gasteiger partial charge in [-0.25, -0.2) is 0 Å². The summed E-state index contributed by atoms with van der Waals surface area (Å²) in [6, 6.07) is 0. The smallest absolute Gasteiger partial charge is 0.0594 e. The topological polar surface area (TPSA) is 40.5 Å². The lowest BCUT2D eigenvalue weighted by Crippen LogP contribution is -2.70. The first-order valence-electron chi connectivity index (χ1n) is 14.2. The molecule has 0 aromatic rings. The molecular formula is C31H52O2. The van der Waals surface area contributed by atoms with Crippen LogP contribution >= 0.6 is 0 Å². The van der Waals surface area contributed by atoms with Crippen LogP contribution in [-0.2, 0) is 0 Å².